The lowest BCUT2D eigenvalue weighted by atomic mass is 10.1. The van der Waals surface area contributed by atoms with Crippen LogP contribution in [-0.4, -0.2) is 32.3 Å². The second kappa shape index (κ2) is 6.96. The van der Waals surface area contributed by atoms with Gasteiger partial charge >= 0.3 is 0 Å². The molecule has 1 N–H and O–H groups in total. The number of imidazole rings is 1. The molecule has 0 spiro atoms. The molecule has 0 saturated heterocycles. The fraction of sp³-hybridized carbons (Fsp3) is 0.227. The molecule has 0 fully saturated rings. The summed E-state index contributed by atoms with van der Waals surface area (Å²) in [6, 6.07) is 13.9. The minimum absolute atomic E-state index is 0.116. The molecule has 0 aliphatic heterocycles. The molecule has 1 amide bonds. The first-order valence-corrected chi connectivity index (χ1v) is 9.38. The average Bonchev–Trinajstić information content (AvgIpc) is 3.30. The summed E-state index contributed by atoms with van der Waals surface area (Å²) in [6.07, 6.45) is 1.80. The maximum atomic E-state index is 12.0. The Labute approximate surface area is 163 Å². The number of fused-ring (bicyclic) bond motifs is 1. The Morgan fingerprint density at radius 2 is 1.93 bits per heavy atom. The van der Waals surface area contributed by atoms with Crippen molar-refractivity contribution in [2.24, 2.45) is 0 Å². The van der Waals surface area contributed by atoms with Crippen molar-refractivity contribution in [3.8, 4) is 17.2 Å². The van der Waals surface area contributed by atoms with Gasteiger partial charge in [-0.05, 0) is 56.7 Å². The van der Waals surface area contributed by atoms with E-state index in [1.165, 1.54) is 5.56 Å². The summed E-state index contributed by atoms with van der Waals surface area (Å²) in [4.78, 5) is 16.9. The SMILES string of the molecule is CCn1c(-c2ccnn2-c2ccc(C)cc2C)nc2cc(C(=O)NC)ccc21. The third kappa shape index (κ3) is 2.87. The summed E-state index contributed by atoms with van der Waals surface area (Å²) in [5, 5.41) is 7.22. The number of nitrogens with zero attached hydrogens (tertiary/aromatic N) is 4. The molecule has 0 aliphatic rings. The van der Waals surface area contributed by atoms with Crippen LogP contribution in [0.2, 0.25) is 0 Å². The van der Waals surface area contributed by atoms with Gasteiger partial charge in [-0.2, -0.15) is 5.10 Å². The van der Waals surface area contributed by atoms with E-state index in [-0.39, 0.29) is 5.91 Å². The van der Waals surface area contributed by atoms with Crippen LogP contribution in [0.4, 0.5) is 0 Å². The van der Waals surface area contributed by atoms with E-state index < -0.39 is 0 Å². The zero-order chi connectivity index (χ0) is 19.8. The van der Waals surface area contributed by atoms with E-state index in [0.717, 1.165) is 40.3 Å². The number of benzene rings is 2. The van der Waals surface area contributed by atoms with Crippen LogP contribution in [0.1, 0.15) is 28.4 Å². The molecule has 4 aromatic rings. The minimum atomic E-state index is -0.116. The normalized spacial score (nSPS) is 11.1. The Kier molecular flexibility index (Phi) is 4.47. The maximum absolute atomic E-state index is 12.0. The van der Waals surface area contributed by atoms with Crippen LogP contribution in [0.15, 0.2) is 48.7 Å². The number of hydrogen-bond donors (Lipinski definition) is 1. The zero-order valence-corrected chi connectivity index (χ0v) is 16.5. The van der Waals surface area contributed by atoms with Gasteiger partial charge in [-0.25, -0.2) is 9.67 Å². The number of aryl methyl sites for hydroxylation is 3. The Bertz CT molecular complexity index is 1190. The van der Waals surface area contributed by atoms with Gasteiger partial charge in [-0.15, -0.1) is 0 Å². The van der Waals surface area contributed by atoms with Gasteiger partial charge in [0.05, 0.1) is 22.9 Å². The predicted octanol–water partition coefficient (Wildman–Crippen LogP) is 3.89. The zero-order valence-electron chi connectivity index (χ0n) is 16.5. The molecular formula is C22H23N5O. The number of aromatic nitrogens is 4. The summed E-state index contributed by atoms with van der Waals surface area (Å²) in [5.41, 5.74) is 6.73. The lowest BCUT2D eigenvalue weighted by Crippen LogP contribution is -2.17. The van der Waals surface area contributed by atoms with Crippen molar-refractivity contribution in [1.29, 1.82) is 0 Å². The molecule has 0 atom stereocenters. The number of nitrogens with one attached hydrogen (secondary N) is 1. The third-order valence-corrected chi connectivity index (χ3v) is 5.01. The molecule has 2 aromatic heterocycles. The molecule has 28 heavy (non-hydrogen) atoms. The van der Waals surface area contributed by atoms with Crippen LogP contribution < -0.4 is 5.32 Å². The quantitative estimate of drug-likeness (QED) is 0.590. The standard InChI is InChI=1S/C22H23N5O/c1-5-26-19-9-7-16(22(28)23-4)13-17(19)25-21(26)20-10-11-24-27(20)18-8-6-14(2)12-15(18)3/h6-13H,5H2,1-4H3,(H,23,28). The summed E-state index contributed by atoms with van der Waals surface area (Å²) in [6.45, 7) is 7.03. The highest BCUT2D eigenvalue weighted by molar-refractivity contribution is 5.97. The highest BCUT2D eigenvalue weighted by Crippen LogP contribution is 2.28. The molecule has 6 nitrogen and oxygen atoms in total. The first kappa shape index (κ1) is 18.0. The van der Waals surface area contributed by atoms with Crippen LogP contribution in [0.5, 0.6) is 0 Å². The molecule has 0 saturated carbocycles. The van der Waals surface area contributed by atoms with Crippen LogP contribution in [0.25, 0.3) is 28.2 Å². The van der Waals surface area contributed by atoms with E-state index in [4.69, 9.17) is 4.98 Å². The lowest BCUT2D eigenvalue weighted by Gasteiger charge is -2.12. The van der Waals surface area contributed by atoms with Crippen molar-refractivity contribution in [2.45, 2.75) is 27.3 Å². The van der Waals surface area contributed by atoms with Crippen molar-refractivity contribution >= 4 is 16.9 Å². The van der Waals surface area contributed by atoms with E-state index in [9.17, 15) is 4.79 Å². The molecule has 0 unspecified atom stereocenters. The minimum Gasteiger partial charge on any atom is -0.355 e. The number of amides is 1. The summed E-state index contributed by atoms with van der Waals surface area (Å²) in [5.74, 6) is 0.721. The average molecular weight is 373 g/mol. The number of carbonyl (C=O) groups excluding carboxylic acids is 1. The molecule has 2 aromatic carbocycles. The fourth-order valence-corrected chi connectivity index (χ4v) is 3.64. The van der Waals surface area contributed by atoms with Gasteiger partial charge in [0.15, 0.2) is 5.82 Å². The van der Waals surface area contributed by atoms with Crippen molar-refractivity contribution in [1.82, 2.24) is 24.6 Å². The fourth-order valence-electron chi connectivity index (χ4n) is 3.64. The largest absolute Gasteiger partial charge is 0.355 e. The highest BCUT2D eigenvalue weighted by atomic mass is 16.1. The topological polar surface area (TPSA) is 64.7 Å². The van der Waals surface area contributed by atoms with Gasteiger partial charge in [0.25, 0.3) is 5.91 Å². The highest BCUT2D eigenvalue weighted by Gasteiger charge is 2.18. The van der Waals surface area contributed by atoms with Gasteiger partial charge in [0, 0.05) is 19.2 Å². The second-order valence-corrected chi connectivity index (χ2v) is 6.88. The Balaban J connectivity index is 1.90. The van der Waals surface area contributed by atoms with Crippen molar-refractivity contribution < 1.29 is 4.79 Å². The van der Waals surface area contributed by atoms with E-state index >= 15 is 0 Å². The van der Waals surface area contributed by atoms with Gasteiger partial charge in [0.2, 0.25) is 0 Å². The van der Waals surface area contributed by atoms with Crippen LogP contribution in [0.3, 0.4) is 0 Å². The monoisotopic (exact) mass is 373 g/mol. The van der Waals surface area contributed by atoms with Crippen LogP contribution in [0, 0.1) is 13.8 Å². The molecule has 2 heterocycles. The van der Waals surface area contributed by atoms with Crippen molar-refractivity contribution in [3.05, 3.63) is 65.4 Å². The lowest BCUT2D eigenvalue weighted by molar-refractivity contribution is 0.0963. The van der Waals surface area contributed by atoms with Gasteiger partial charge in [-0.3, -0.25) is 4.79 Å². The molecular weight excluding hydrogens is 350 g/mol. The first-order chi connectivity index (χ1) is 13.5. The Morgan fingerprint density at radius 3 is 2.64 bits per heavy atom. The van der Waals surface area contributed by atoms with Gasteiger partial charge in [0.1, 0.15) is 5.69 Å². The summed E-state index contributed by atoms with van der Waals surface area (Å²) in [7, 11) is 1.63. The van der Waals surface area contributed by atoms with Crippen molar-refractivity contribution in [2.75, 3.05) is 7.05 Å². The van der Waals surface area contributed by atoms with E-state index in [0.29, 0.717) is 5.56 Å². The van der Waals surface area contributed by atoms with Crippen molar-refractivity contribution in [3.63, 3.8) is 0 Å². The third-order valence-electron chi connectivity index (χ3n) is 5.01. The number of rotatable bonds is 4. The van der Waals surface area contributed by atoms with E-state index in [2.05, 4.69) is 54.0 Å². The number of hydrogen-bond acceptors (Lipinski definition) is 3. The first-order valence-electron chi connectivity index (χ1n) is 9.38. The molecule has 0 bridgehead atoms. The maximum Gasteiger partial charge on any atom is 0.251 e. The van der Waals surface area contributed by atoms with Gasteiger partial charge < -0.3 is 9.88 Å². The Hall–Kier alpha value is -3.41. The summed E-state index contributed by atoms with van der Waals surface area (Å²) >= 11 is 0. The van der Waals surface area contributed by atoms with E-state index in [1.807, 2.05) is 28.9 Å². The molecule has 6 heteroatoms. The van der Waals surface area contributed by atoms with Crippen LogP contribution >= 0.6 is 0 Å². The van der Waals surface area contributed by atoms with Crippen LogP contribution in [-0.2, 0) is 6.54 Å². The Morgan fingerprint density at radius 1 is 1.11 bits per heavy atom. The molecule has 4 rings (SSSR count). The molecule has 142 valence electrons. The van der Waals surface area contributed by atoms with Gasteiger partial charge in [-0.1, -0.05) is 17.7 Å². The smallest absolute Gasteiger partial charge is 0.251 e. The molecule has 0 radical (unpaired) electrons. The molecule has 0 aliphatic carbocycles. The summed E-state index contributed by atoms with van der Waals surface area (Å²) < 4.78 is 4.09. The predicted molar refractivity (Wildman–Crippen MR) is 111 cm³/mol. The second-order valence-electron chi connectivity index (χ2n) is 6.88. The van der Waals surface area contributed by atoms with E-state index in [1.54, 1.807) is 13.2 Å². The number of carbonyl (C=O) groups is 1.